The smallest absolute Gasteiger partial charge is 0.276 e. The number of aromatic amines is 2. The fraction of sp³-hybridized carbons (Fsp3) is 0.143. The first kappa shape index (κ1) is 15.0. The summed E-state index contributed by atoms with van der Waals surface area (Å²) in [6.45, 7) is 0.432. The molecule has 1 aromatic carbocycles. The Morgan fingerprint density at radius 3 is 2.82 bits per heavy atom. The van der Waals surface area contributed by atoms with Gasteiger partial charge in [-0.3, -0.25) is 9.78 Å². The van der Waals surface area contributed by atoms with Gasteiger partial charge in [-0.25, -0.2) is 0 Å². The average molecular weight is 336 g/mol. The Morgan fingerprint density at radius 1 is 1.32 bits per heavy atom. The van der Waals surface area contributed by atoms with Crippen LogP contribution in [0.3, 0.4) is 0 Å². The summed E-state index contributed by atoms with van der Waals surface area (Å²) < 4.78 is 2.15. The summed E-state index contributed by atoms with van der Waals surface area (Å²) in [6.07, 6.45) is 1.05. The van der Waals surface area contributed by atoms with Crippen LogP contribution in [0.5, 0.6) is 0 Å². The van der Waals surface area contributed by atoms with Crippen molar-refractivity contribution in [3.05, 3.63) is 61.7 Å². The van der Waals surface area contributed by atoms with Gasteiger partial charge in [0.1, 0.15) is 5.52 Å². The molecule has 0 spiro atoms. The van der Waals surface area contributed by atoms with Gasteiger partial charge >= 0.3 is 0 Å². The van der Waals surface area contributed by atoms with E-state index in [2.05, 4.69) is 9.97 Å². The lowest BCUT2D eigenvalue weighted by Crippen LogP contribution is -2.23. The molecule has 0 saturated carbocycles. The number of halogens is 1. The maximum atomic E-state index is 11.9. The third-order valence-corrected chi connectivity index (χ3v) is 4.06. The molecule has 0 bridgehead atoms. The molecule has 0 aliphatic carbocycles. The number of H-pyrrole nitrogens is 2. The van der Waals surface area contributed by atoms with E-state index in [1.807, 2.05) is 10.6 Å². The van der Waals surface area contributed by atoms with Gasteiger partial charge in [0.25, 0.3) is 5.56 Å². The number of hydrogen-bond donors (Lipinski definition) is 4. The molecular formula is C14H14ClN5OS. The molecular weight excluding hydrogens is 322 g/mol. The van der Waals surface area contributed by atoms with Crippen LogP contribution in [0.1, 0.15) is 17.3 Å². The maximum absolute atomic E-state index is 11.9. The molecule has 0 aliphatic rings. The summed E-state index contributed by atoms with van der Waals surface area (Å²) in [4.78, 5) is 17.4. The summed E-state index contributed by atoms with van der Waals surface area (Å²) >= 11 is 11.3. The minimum Gasteiger partial charge on any atom is -0.355 e. The number of aromatic nitrogens is 3. The molecule has 2 aromatic heterocycles. The van der Waals surface area contributed by atoms with Gasteiger partial charge in [-0.1, -0.05) is 17.7 Å². The number of fused-ring (bicyclic) bond motifs is 1. The molecule has 0 radical (unpaired) electrons. The molecule has 3 aromatic rings. The van der Waals surface area contributed by atoms with Crippen molar-refractivity contribution in [2.24, 2.45) is 11.5 Å². The molecule has 0 fully saturated rings. The highest BCUT2D eigenvalue weighted by Gasteiger charge is 2.12. The Morgan fingerprint density at radius 2 is 2.09 bits per heavy atom. The highest BCUT2D eigenvalue weighted by Crippen LogP contribution is 2.21. The molecule has 22 heavy (non-hydrogen) atoms. The van der Waals surface area contributed by atoms with Crippen molar-refractivity contribution >= 4 is 34.9 Å². The third-order valence-electron chi connectivity index (χ3n) is 3.50. The van der Waals surface area contributed by atoms with E-state index >= 15 is 0 Å². The quantitative estimate of drug-likeness (QED) is 0.434. The second kappa shape index (κ2) is 5.69. The minimum atomic E-state index is -0.646. The van der Waals surface area contributed by atoms with Gasteiger partial charge in [0.2, 0.25) is 0 Å². The maximum Gasteiger partial charge on any atom is 0.276 e. The lowest BCUT2D eigenvalue weighted by Gasteiger charge is -2.15. The summed E-state index contributed by atoms with van der Waals surface area (Å²) in [5.74, 6) is 0. The number of nitrogens with one attached hydrogen (secondary N) is 2. The number of benzene rings is 1. The lowest BCUT2D eigenvalue weighted by atomic mass is 10.1. The molecule has 0 atom stereocenters. The Bertz CT molecular complexity index is 956. The van der Waals surface area contributed by atoms with Crippen LogP contribution in [0.2, 0.25) is 5.02 Å². The topological polar surface area (TPSA) is 106 Å². The number of rotatable bonds is 3. The molecule has 0 amide bonds. The van der Waals surface area contributed by atoms with Crippen molar-refractivity contribution in [2.75, 3.05) is 0 Å². The lowest BCUT2D eigenvalue weighted by molar-refractivity contribution is 0.724. The van der Waals surface area contributed by atoms with Crippen molar-refractivity contribution in [3.8, 4) is 0 Å². The van der Waals surface area contributed by atoms with E-state index in [0.29, 0.717) is 21.9 Å². The normalized spacial score (nSPS) is 11.5. The monoisotopic (exact) mass is 335 g/mol. The summed E-state index contributed by atoms with van der Waals surface area (Å²) in [5.41, 5.74) is 14.2. The van der Waals surface area contributed by atoms with E-state index < -0.39 is 6.17 Å². The molecule has 0 aliphatic heterocycles. The fourth-order valence-corrected chi connectivity index (χ4v) is 2.89. The van der Waals surface area contributed by atoms with Gasteiger partial charge in [0.05, 0.1) is 18.2 Å². The zero-order chi connectivity index (χ0) is 15.9. The van der Waals surface area contributed by atoms with Crippen LogP contribution in [0.15, 0.2) is 35.3 Å². The first-order chi connectivity index (χ1) is 10.5. The van der Waals surface area contributed by atoms with Crippen molar-refractivity contribution in [1.82, 2.24) is 14.5 Å². The average Bonchev–Trinajstić information content (AvgIpc) is 2.94. The Hall–Kier alpha value is -1.93. The number of hydrogen-bond acceptors (Lipinski definition) is 4. The van der Waals surface area contributed by atoms with Crippen molar-refractivity contribution < 1.29 is 0 Å². The Balaban J connectivity index is 2.18. The van der Waals surface area contributed by atoms with Crippen LogP contribution in [-0.4, -0.2) is 14.5 Å². The second-order valence-corrected chi connectivity index (χ2v) is 5.78. The van der Waals surface area contributed by atoms with Crippen molar-refractivity contribution in [3.63, 3.8) is 0 Å². The predicted molar refractivity (Wildman–Crippen MR) is 89.4 cm³/mol. The SMILES string of the molecule is NC(N)c1cc(Cl)ccc1Cn1c(=S)[nH]c(=O)c2[nH]ccc21. The highest BCUT2D eigenvalue weighted by atomic mass is 35.5. The van der Waals surface area contributed by atoms with Gasteiger partial charge in [-0.05, 0) is 41.5 Å². The van der Waals surface area contributed by atoms with Crippen LogP contribution in [0, 0.1) is 4.77 Å². The third kappa shape index (κ3) is 2.59. The van der Waals surface area contributed by atoms with E-state index in [0.717, 1.165) is 16.6 Å². The number of nitrogens with zero attached hydrogens (tertiary/aromatic N) is 1. The second-order valence-electron chi connectivity index (χ2n) is 4.95. The molecule has 6 nitrogen and oxygen atoms in total. The van der Waals surface area contributed by atoms with E-state index in [9.17, 15) is 4.79 Å². The minimum absolute atomic E-state index is 0.242. The zero-order valence-electron chi connectivity index (χ0n) is 11.5. The van der Waals surface area contributed by atoms with Gasteiger partial charge in [0, 0.05) is 11.2 Å². The van der Waals surface area contributed by atoms with E-state index in [1.165, 1.54) is 0 Å². The van der Waals surface area contributed by atoms with Gasteiger partial charge in [-0.2, -0.15) is 0 Å². The van der Waals surface area contributed by atoms with E-state index in [1.54, 1.807) is 24.4 Å². The first-order valence-corrected chi connectivity index (χ1v) is 7.35. The van der Waals surface area contributed by atoms with E-state index in [4.69, 9.17) is 35.3 Å². The largest absolute Gasteiger partial charge is 0.355 e. The van der Waals surface area contributed by atoms with Crippen molar-refractivity contribution in [1.29, 1.82) is 0 Å². The van der Waals surface area contributed by atoms with Crippen LogP contribution >= 0.6 is 23.8 Å². The molecule has 3 rings (SSSR count). The molecule has 6 N–H and O–H groups in total. The van der Waals surface area contributed by atoms with Crippen LogP contribution in [0.25, 0.3) is 11.0 Å². The highest BCUT2D eigenvalue weighted by molar-refractivity contribution is 7.71. The van der Waals surface area contributed by atoms with Gasteiger partial charge in [0.15, 0.2) is 4.77 Å². The zero-order valence-corrected chi connectivity index (χ0v) is 13.0. The van der Waals surface area contributed by atoms with E-state index in [-0.39, 0.29) is 5.56 Å². The van der Waals surface area contributed by atoms with Gasteiger partial charge < -0.3 is 21.0 Å². The molecule has 2 heterocycles. The van der Waals surface area contributed by atoms with Crippen LogP contribution in [0.4, 0.5) is 0 Å². The van der Waals surface area contributed by atoms with Crippen molar-refractivity contribution in [2.45, 2.75) is 12.7 Å². The molecule has 8 heteroatoms. The Labute approximate surface area is 135 Å². The standard InChI is InChI=1S/C14H14ClN5OS/c15-8-2-1-7(9(5-8)12(16)17)6-20-10-3-4-18-11(10)13(21)19-14(20)22/h1-5,12,18H,6,16-17H2,(H,19,21,22). The Kier molecular flexibility index (Phi) is 3.88. The molecule has 114 valence electrons. The van der Waals surface area contributed by atoms with Crippen LogP contribution < -0.4 is 17.0 Å². The predicted octanol–water partition coefficient (Wildman–Crippen LogP) is 2.00. The summed E-state index contributed by atoms with van der Waals surface area (Å²) in [7, 11) is 0. The number of nitrogens with two attached hydrogens (primary N) is 2. The summed E-state index contributed by atoms with van der Waals surface area (Å²) in [5, 5.41) is 0.566. The fourth-order valence-electron chi connectivity index (χ4n) is 2.45. The first-order valence-electron chi connectivity index (χ1n) is 6.57. The summed E-state index contributed by atoms with van der Waals surface area (Å²) in [6, 6.07) is 7.17. The molecule has 0 saturated heterocycles. The molecule has 0 unspecified atom stereocenters. The van der Waals surface area contributed by atoms with Crippen LogP contribution in [-0.2, 0) is 6.54 Å². The van der Waals surface area contributed by atoms with Gasteiger partial charge in [-0.15, -0.1) is 0 Å².